The lowest BCUT2D eigenvalue weighted by Gasteiger charge is -2.45. The average Bonchev–Trinajstić information content (AvgIpc) is 2.36. The fraction of sp³-hybridized carbons (Fsp3) is 0.600. The average molecular weight is 249 g/mol. The van der Waals surface area contributed by atoms with Gasteiger partial charge in [-0.1, -0.05) is 24.6 Å². The van der Waals surface area contributed by atoms with E-state index < -0.39 is 0 Å². The van der Waals surface area contributed by atoms with Crippen LogP contribution in [-0.4, -0.2) is 25.8 Å². The van der Waals surface area contributed by atoms with Gasteiger partial charge in [0.2, 0.25) is 0 Å². The molecule has 0 radical (unpaired) electrons. The highest BCUT2D eigenvalue weighted by Gasteiger charge is 2.43. The zero-order valence-corrected chi connectivity index (χ0v) is 10.6. The Morgan fingerprint density at radius 3 is 2.72 bits per heavy atom. The molecule has 98 valence electrons. The molecule has 3 heteroatoms. The van der Waals surface area contributed by atoms with Gasteiger partial charge in [-0.15, -0.1) is 0 Å². The normalized spacial score (nSPS) is 26.6. The molecule has 2 fully saturated rings. The maximum Gasteiger partial charge on any atom is 0.127 e. The monoisotopic (exact) mass is 249 g/mol. The van der Waals surface area contributed by atoms with E-state index in [9.17, 15) is 4.39 Å². The third kappa shape index (κ3) is 2.17. The van der Waals surface area contributed by atoms with Crippen LogP contribution in [0.3, 0.4) is 0 Å². The van der Waals surface area contributed by atoms with Crippen molar-refractivity contribution in [2.24, 2.45) is 0 Å². The van der Waals surface area contributed by atoms with Crippen LogP contribution in [0.1, 0.15) is 31.2 Å². The van der Waals surface area contributed by atoms with Gasteiger partial charge in [-0.3, -0.25) is 0 Å². The molecule has 2 heterocycles. The van der Waals surface area contributed by atoms with E-state index in [4.69, 9.17) is 4.74 Å². The number of rotatable bonds is 3. The lowest BCUT2D eigenvalue weighted by Crippen LogP contribution is -2.52. The van der Waals surface area contributed by atoms with Crippen LogP contribution in [0.5, 0.6) is 0 Å². The van der Waals surface area contributed by atoms with Crippen LogP contribution in [0, 0.1) is 5.82 Å². The molecule has 1 unspecified atom stereocenters. The SMILES string of the molecule is Fc1ccccc1C1(CC2CCCCN2)COC1. The molecule has 2 nitrogen and oxygen atoms in total. The minimum atomic E-state index is -0.0969. The standard InChI is InChI=1S/C15H20FNO/c16-14-7-2-1-6-13(14)15(10-18-11-15)9-12-5-3-4-8-17-12/h1-2,6-7,12,17H,3-5,8-11H2. The minimum absolute atomic E-state index is 0.0865. The van der Waals surface area contributed by atoms with Crippen molar-refractivity contribution in [3.63, 3.8) is 0 Å². The van der Waals surface area contributed by atoms with Crippen molar-refractivity contribution in [2.45, 2.75) is 37.1 Å². The second-order valence-corrected chi connectivity index (χ2v) is 5.60. The minimum Gasteiger partial charge on any atom is -0.379 e. The first-order valence-corrected chi connectivity index (χ1v) is 6.86. The Labute approximate surface area is 108 Å². The summed E-state index contributed by atoms with van der Waals surface area (Å²) in [6.45, 7) is 2.41. The van der Waals surface area contributed by atoms with Crippen molar-refractivity contribution in [1.82, 2.24) is 5.32 Å². The molecule has 1 aromatic carbocycles. The Balaban J connectivity index is 1.79. The van der Waals surface area contributed by atoms with Gasteiger partial charge in [-0.2, -0.15) is 0 Å². The van der Waals surface area contributed by atoms with E-state index in [0.29, 0.717) is 19.3 Å². The van der Waals surface area contributed by atoms with Crippen molar-refractivity contribution >= 4 is 0 Å². The summed E-state index contributed by atoms with van der Waals surface area (Å²) in [5, 5.41) is 3.55. The predicted octanol–water partition coefficient (Wildman–Crippen LogP) is 2.63. The fourth-order valence-corrected chi connectivity index (χ4v) is 3.19. The number of halogens is 1. The van der Waals surface area contributed by atoms with Crippen molar-refractivity contribution in [1.29, 1.82) is 0 Å². The zero-order chi connectivity index (χ0) is 12.4. The highest BCUT2D eigenvalue weighted by molar-refractivity contribution is 5.30. The van der Waals surface area contributed by atoms with Gasteiger partial charge in [0.15, 0.2) is 0 Å². The van der Waals surface area contributed by atoms with Gasteiger partial charge in [0.05, 0.1) is 13.2 Å². The first-order valence-electron chi connectivity index (χ1n) is 6.86. The predicted molar refractivity (Wildman–Crippen MR) is 69.2 cm³/mol. The number of ether oxygens (including phenoxy) is 1. The van der Waals surface area contributed by atoms with Crippen molar-refractivity contribution in [3.8, 4) is 0 Å². The molecule has 0 aliphatic carbocycles. The summed E-state index contributed by atoms with van der Waals surface area (Å²) in [5.41, 5.74) is 0.740. The summed E-state index contributed by atoms with van der Waals surface area (Å²) in [6, 6.07) is 7.67. The number of benzene rings is 1. The lowest BCUT2D eigenvalue weighted by molar-refractivity contribution is -0.0711. The molecule has 2 aliphatic heterocycles. The van der Waals surface area contributed by atoms with Crippen LogP contribution >= 0.6 is 0 Å². The molecule has 1 N–H and O–H groups in total. The Kier molecular flexibility index (Phi) is 3.35. The Bertz CT molecular complexity index is 411. The van der Waals surface area contributed by atoms with Crippen LogP contribution in [0.4, 0.5) is 4.39 Å². The van der Waals surface area contributed by atoms with Crippen molar-refractivity contribution in [3.05, 3.63) is 35.6 Å². The van der Waals surface area contributed by atoms with E-state index in [1.807, 2.05) is 12.1 Å². The molecule has 1 aromatic rings. The molecule has 0 aromatic heterocycles. The van der Waals surface area contributed by atoms with Gasteiger partial charge >= 0.3 is 0 Å². The topological polar surface area (TPSA) is 21.3 Å². The van der Waals surface area contributed by atoms with E-state index in [0.717, 1.165) is 18.5 Å². The van der Waals surface area contributed by atoms with Crippen LogP contribution in [-0.2, 0) is 10.2 Å². The molecule has 1 atom stereocenters. The fourth-order valence-electron chi connectivity index (χ4n) is 3.19. The van der Waals surface area contributed by atoms with Crippen LogP contribution in [0.25, 0.3) is 0 Å². The second-order valence-electron chi connectivity index (χ2n) is 5.60. The van der Waals surface area contributed by atoms with E-state index in [-0.39, 0.29) is 11.2 Å². The van der Waals surface area contributed by atoms with Crippen molar-refractivity contribution in [2.75, 3.05) is 19.8 Å². The number of hydrogen-bond acceptors (Lipinski definition) is 2. The van der Waals surface area contributed by atoms with Gasteiger partial charge in [0.1, 0.15) is 5.82 Å². The molecule has 0 amide bonds. The van der Waals surface area contributed by atoms with E-state index in [2.05, 4.69) is 5.32 Å². The summed E-state index contributed by atoms with van der Waals surface area (Å²) in [4.78, 5) is 0. The summed E-state index contributed by atoms with van der Waals surface area (Å²) < 4.78 is 19.4. The van der Waals surface area contributed by atoms with Crippen LogP contribution < -0.4 is 5.32 Å². The quantitative estimate of drug-likeness (QED) is 0.889. The molecule has 18 heavy (non-hydrogen) atoms. The zero-order valence-electron chi connectivity index (χ0n) is 10.6. The highest BCUT2D eigenvalue weighted by Crippen LogP contribution is 2.39. The second kappa shape index (κ2) is 4.98. The highest BCUT2D eigenvalue weighted by atomic mass is 19.1. The summed E-state index contributed by atoms with van der Waals surface area (Å²) in [7, 11) is 0. The molecule has 3 rings (SSSR count). The van der Waals surface area contributed by atoms with Crippen molar-refractivity contribution < 1.29 is 9.13 Å². The smallest absolute Gasteiger partial charge is 0.127 e. The van der Waals surface area contributed by atoms with Gasteiger partial charge in [0, 0.05) is 11.5 Å². The third-order valence-corrected chi connectivity index (χ3v) is 4.25. The van der Waals surface area contributed by atoms with Crippen LogP contribution in [0.2, 0.25) is 0 Å². The summed E-state index contributed by atoms with van der Waals surface area (Å²) >= 11 is 0. The van der Waals surface area contributed by atoms with Gasteiger partial charge in [0.25, 0.3) is 0 Å². The molecule has 0 spiro atoms. The number of nitrogens with one attached hydrogen (secondary N) is 1. The molecule has 2 aliphatic rings. The maximum absolute atomic E-state index is 14.0. The first-order chi connectivity index (χ1) is 8.80. The summed E-state index contributed by atoms with van der Waals surface area (Å²) in [5.74, 6) is -0.0865. The van der Waals surface area contributed by atoms with Gasteiger partial charge in [-0.25, -0.2) is 4.39 Å². The molecule has 0 bridgehead atoms. The number of piperidine rings is 1. The molecule has 2 saturated heterocycles. The summed E-state index contributed by atoms with van der Waals surface area (Å²) in [6.07, 6.45) is 4.75. The number of hydrogen-bond donors (Lipinski definition) is 1. The van der Waals surface area contributed by atoms with E-state index in [1.165, 1.54) is 19.3 Å². The maximum atomic E-state index is 14.0. The Morgan fingerprint density at radius 2 is 2.11 bits per heavy atom. The lowest BCUT2D eigenvalue weighted by atomic mass is 9.72. The van der Waals surface area contributed by atoms with Gasteiger partial charge < -0.3 is 10.1 Å². The van der Waals surface area contributed by atoms with Gasteiger partial charge in [-0.05, 0) is 37.4 Å². The van der Waals surface area contributed by atoms with E-state index >= 15 is 0 Å². The third-order valence-electron chi connectivity index (χ3n) is 4.25. The molecular formula is C15H20FNO. The molecule has 0 saturated carbocycles. The van der Waals surface area contributed by atoms with E-state index in [1.54, 1.807) is 12.1 Å². The Hall–Kier alpha value is -0.930. The first kappa shape index (κ1) is 12.1. The van der Waals surface area contributed by atoms with Crippen LogP contribution in [0.15, 0.2) is 24.3 Å². The largest absolute Gasteiger partial charge is 0.379 e. The Morgan fingerprint density at radius 1 is 1.28 bits per heavy atom. The molecular weight excluding hydrogens is 229 g/mol.